The molecule has 0 bridgehead atoms. The summed E-state index contributed by atoms with van der Waals surface area (Å²) in [4.78, 5) is 4.58. The number of aliphatic hydroxyl groups is 1. The van der Waals surface area contributed by atoms with E-state index in [1.165, 1.54) is 0 Å². The van der Waals surface area contributed by atoms with Gasteiger partial charge in [0, 0.05) is 26.8 Å². The zero-order valence-electron chi connectivity index (χ0n) is 16.2. The lowest BCUT2D eigenvalue weighted by atomic mass is 9.93. The summed E-state index contributed by atoms with van der Waals surface area (Å²) in [5, 5.41) is 17.2. The summed E-state index contributed by atoms with van der Waals surface area (Å²) in [6, 6.07) is 0. The molecule has 0 heterocycles. The zero-order chi connectivity index (χ0) is 18.1. The minimum absolute atomic E-state index is 0.449. The Labute approximate surface area is 148 Å². The van der Waals surface area contributed by atoms with Crippen LogP contribution in [0.25, 0.3) is 0 Å². The summed E-state index contributed by atoms with van der Waals surface area (Å²) < 4.78 is 10.4. The van der Waals surface area contributed by atoms with Gasteiger partial charge in [-0.2, -0.15) is 0 Å². The molecule has 0 atom stereocenters. The number of rotatable bonds is 15. The van der Waals surface area contributed by atoms with Crippen molar-refractivity contribution in [1.29, 1.82) is 0 Å². The molecule has 0 radical (unpaired) electrons. The molecule has 0 aromatic carbocycles. The van der Waals surface area contributed by atoms with Crippen molar-refractivity contribution >= 4 is 5.96 Å². The Morgan fingerprint density at radius 3 is 2.29 bits per heavy atom. The van der Waals surface area contributed by atoms with Crippen molar-refractivity contribution < 1.29 is 14.6 Å². The fourth-order valence-corrected chi connectivity index (χ4v) is 2.56. The average molecular weight is 346 g/mol. The van der Waals surface area contributed by atoms with Gasteiger partial charge in [0.25, 0.3) is 0 Å². The third-order valence-corrected chi connectivity index (χ3v) is 3.75. The maximum Gasteiger partial charge on any atom is 0.191 e. The first-order valence-electron chi connectivity index (χ1n) is 9.43. The highest BCUT2D eigenvalue weighted by Gasteiger charge is 2.24. The number of aliphatic imine (C=N–C) groups is 1. The van der Waals surface area contributed by atoms with Gasteiger partial charge < -0.3 is 25.2 Å². The summed E-state index contributed by atoms with van der Waals surface area (Å²) in [6.07, 6.45) is 5.56. The molecular weight excluding hydrogens is 306 g/mol. The minimum Gasteiger partial charge on any atom is -0.388 e. The van der Waals surface area contributed by atoms with Gasteiger partial charge in [-0.15, -0.1) is 0 Å². The molecule has 0 aliphatic rings. The van der Waals surface area contributed by atoms with Crippen LogP contribution in [0, 0.1) is 0 Å². The quantitative estimate of drug-likeness (QED) is 0.241. The average Bonchev–Trinajstić information content (AvgIpc) is 2.55. The van der Waals surface area contributed by atoms with Crippen LogP contribution in [0.4, 0.5) is 0 Å². The Bertz CT molecular complexity index is 306. The van der Waals surface area contributed by atoms with Gasteiger partial charge in [0.1, 0.15) is 0 Å². The zero-order valence-corrected chi connectivity index (χ0v) is 16.2. The van der Waals surface area contributed by atoms with Crippen LogP contribution >= 0.6 is 0 Å². The Balaban J connectivity index is 4.13. The van der Waals surface area contributed by atoms with Gasteiger partial charge in [-0.3, -0.25) is 4.99 Å². The molecular formula is C18H39N3O3. The normalized spacial score (nSPS) is 12.5. The second-order valence-corrected chi connectivity index (χ2v) is 6.16. The van der Waals surface area contributed by atoms with Gasteiger partial charge in [0.15, 0.2) is 5.96 Å². The lowest BCUT2D eigenvalue weighted by Crippen LogP contribution is -2.40. The molecule has 0 aliphatic heterocycles. The van der Waals surface area contributed by atoms with Gasteiger partial charge in [-0.05, 0) is 32.6 Å². The summed E-state index contributed by atoms with van der Waals surface area (Å²) in [6.45, 7) is 10.4. The van der Waals surface area contributed by atoms with Crippen molar-refractivity contribution in [3.05, 3.63) is 0 Å². The highest BCUT2D eigenvalue weighted by atomic mass is 16.5. The van der Waals surface area contributed by atoms with Crippen LogP contribution in [-0.2, 0) is 9.47 Å². The van der Waals surface area contributed by atoms with Crippen molar-refractivity contribution in [2.45, 2.75) is 64.9 Å². The van der Waals surface area contributed by atoms with Crippen molar-refractivity contribution in [3.8, 4) is 0 Å². The summed E-state index contributed by atoms with van der Waals surface area (Å²) in [5.74, 6) is 0.781. The Hall–Kier alpha value is -0.850. The van der Waals surface area contributed by atoms with Crippen LogP contribution in [0.15, 0.2) is 4.99 Å². The molecule has 0 saturated heterocycles. The van der Waals surface area contributed by atoms with Crippen molar-refractivity contribution in [3.63, 3.8) is 0 Å². The summed E-state index contributed by atoms with van der Waals surface area (Å²) in [5.41, 5.74) is -0.680. The predicted octanol–water partition coefficient (Wildman–Crippen LogP) is 2.32. The monoisotopic (exact) mass is 345 g/mol. The van der Waals surface area contributed by atoms with Crippen LogP contribution in [0.5, 0.6) is 0 Å². The highest BCUT2D eigenvalue weighted by molar-refractivity contribution is 5.79. The molecule has 0 fully saturated rings. The number of methoxy groups -OCH3 is 1. The van der Waals surface area contributed by atoms with Crippen LogP contribution in [0.3, 0.4) is 0 Å². The fraction of sp³-hybridized carbons (Fsp3) is 0.944. The lowest BCUT2D eigenvalue weighted by molar-refractivity contribution is 0.0306. The number of hydrogen-bond acceptors (Lipinski definition) is 4. The first-order chi connectivity index (χ1) is 11.6. The molecule has 6 nitrogen and oxygen atoms in total. The third-order valence-electron chi connectivity index (χ3n) is 3.75. The topological polar surface area (TPSA) is 75.1 Å². The molecule has 3 N–H and O–H groups in total. The van der Waals surface area contributed by atoms with E-state index < -0.39 is 5.60 Å². The summed E-state index contributed by atoms with van der Waals surface area (Å²) >= 11 is 0. The first kappa shape index (κ1) is 23.1. The van der Waals surface area contributed by atoms with Gasteiger partial charge in [-0.25, -0.2) is 0 Å². The SMILES string of the molecule is CCCC(O)(CCC)CN=C(NCC)NCCCCOCCOC. The largest absolute Gasteiger partial charge is 0.388 e. The Kier molecular flexibility index (Phi) is 15.1. The first-order valence-corrected chi connectivity index (χ1v) is 9.43. The van der Waals surface area contributed by atoms with Crippen LogP contribution in [0.2, 0.25) is 0 Å². The molecule has 6 heteroatoms. The van der Waals surface area contributed by atoms with E-state index in [1.807, 2.05) is 6.92 Å². The maximum absolute atomic E-state index is 10.7. The number of unbranched alkanes of at least 4 members (excludes halogenated alkanes) is 1. The summed E-state index contributed by atoms with van der Waals surface area (Å²) in [7, 11) is 1.68. The predicted molar refractivity (Wildman–Crippen MR) is 101 cm³/mol. The minimum atomic E-state index is -0.680. The van der Waals surface area contributed by atoms with Crippen molar-refractivity contribution in [2.24, 2.45) is 4.99 Å². The Morgan fingerprint density at radius 1 is 1.00 bits per heavy atom. The molecule has 0 rings (SSSR count). The van der Waals surface area contributed by atoms with Gasteiger partial charge in [-0.1, -0.05) is 26.7 Å². The van der Waals surface area contributed by atoms with E-state index in [9.17, 15) is 5.11 Å². The molecule has 0 aromatic heterocycles. The van der Waals surface area contributed by atoms with E-state index >= 15 is 0 Å². The molecule has 0 aliphatic carbocycles. The smallest absolute Gasteiger partial charge is 0.191 e. The number of hydrogen-bond donors (Lipinski definition) is 3. The van der Waals surface area contributed by atoms with E-state index in [4.69, 9.17) is 9.47 Å². The van der Waals surface area contributed by atoms with E-state index in [0.717, 1.165) is 64.2 Å². The van der Waals surface area contributed by atoms with Gasteiger partial charge in [0.2, 0.25) is 0 Å². The molecule has 24 heavy (non-hydrogen) atoms. The fourth-order valence-electron chi connectivity index (χ4n) is 2.56. The van der Waals surface area contributed by atoms with Crippen LogP contribution in [0.1, 0.15) is 59.3 Å². The number of nitrogens with zero attached hydrogens (tertiary/aromatic N) is 1. The highest BCUT2D eigenvalue weighted by Crippen LogP contribution is 2.19. The van der Waals surface area contributed by atoms with E-state index in [0.29, 0.717) is 19.8 Å². The van der Waals surface area contributed by atoms with E-state index in [1.54, 1.807) is 7.11 Å². The maximum atomic E-state index is 10.7. The second kappa shape index (κ2) is 15.7. The van der Waals surface area contributed by atoms with Crippen LogP contribution in [-0.4, -0.2) is 63.2 Å². The molecule has 0 saturated carbocycles. The van der Waals surface area contributed by atoms with E-state index in [-0.39, 0.29) is 0 Å². The molecule has 144 valence electrons. The molecule has 0 amide bonds. The van der Waals surface area contributed by atoms with Crippen LogP contribution < -0.4 is 10.6 Å². The number of guanidine groups is 1. The molecule has 0 unspecified atom stereocenters. The van der Waals surface area contributed by atoms with Crippen molar-refractivity contribution in [1.82, 2.24) is 10.6 Å². The third kappa shape index (κ3) is 12.6. The van der Waals surface area contributed by atoms with E-state index in [2.05, 4.69) is 29.5 Å². The second-order valence-electron chi connectivity index (χ2n) is 6.16. The Morgan fingerprint density at radius 2 is 1.71 bits per heavy atom. The molecule has 0 spiro atoms. The van der Waals surface area contributed by atoms with Gasteiger partial charge in [0.05, 0.1) is 25.4 Å². The lowest BCUT2D eigenvalue weighted by Gasteiger charge is -2.26. The number of nitrogens with one attached hydrogen (secondary N) is 2. The molecule has 0 aromatic rings. The van der Waals surface area contributed by atoms with Crippen molar-refractivity contribution in [2.75, 3.05) is 46.6 Å². The standard InChI is InChI=1S/C18H39N3O3/c1-5-10-18(22,11-6-2)16-21-17(19-7-3)20-12-8-9-13-24-15-14-23-4/h22H,5-16H2,1-4H3,(H2,19,20,21). The number of ether oxygens (including phenoxy) is 2. The van der Waals surface area contributed by atoms with Gasteiger partial charge >= 0.3 is 0 Å².